The van der Waals surface area contributed by atoms with Gasteiger partial charge in [-0.25, -0.2) is 14.1 Å². The topological polar surface area (TPSA) is 69.7 Å². The fourth-order valence-corrected chi connectivity index (χ4v) is 4.35. The summed E-state index contributed by atoms with van der Waals surface area (Å²) < 4.78 is 13.4. The second kappa shape index (κ2) is 8.26. The van der Waals surface area contributed by atoms with Crippen LogP contribution in [-0.4, -0.2) is 34.8 Å². The Bertz CT molecular complexity index is 987. The summed E-state index contributed by atoms with van der Waals surface area (Å²) in [6.45, 7) is 1.90. The van der Waals surface area contributed by atoms with Crippen molar-refractivity contribution >= 4 is 29.2 Å². The van der Waals surface area contributed by atoms with Crippen molar-refractivity contribution < 1.29 is 18.8 Å². The van der Waals surface area contributed by atoms with Crippen LogP contribution >= 0.6 is 0 Å². The van der Waals surface area contributed by atoms with Gasteiger partial charge in [0.15, 0.2) is 0 Å². The molecule has 0 aromatic heterocycles. The first-order valence-electron chi connectivity index (χ1n) is 10.2. The minimum absolute atomic E-state index is 0.0526. The van der Waals surface area contributed by atoms with E-state index in [2.05, 4.69) is 5.32 Å². The molecular weight excluding hydrogens is 385 g/mol. The lowest BCUT2D eigenvalue weighted by molar-refractivity contribution is -0.124. The van der Waals surface area contributed by atoms with Crippen molar-refractivity contribution in [2.75, 3.05) is 10.2 Å². The minimum Gasteiger partial charge on any atom is -0.326 e. The standard InChI is InChI=1S/C23H24FN3O3/c1-15-6-4-11-19(12-15)27-22(29)20(26(23(27)30)18-9-2-3-10-18)14-21(28)25-17-8-5-7-16(24)13-17/h4-8,11-13,18,20H,2-3,9-10,14H2,1H3,(H,25,28)/t20-/m1/s1. The molecule has 1 atom stereocenters. The van der Waals surface area contributed by atoms with Gasteiger partial charge >= 0.3 is 6.03 Å². The quantitative estimate of drug-likeness (QED) is 0.751. The largest absolute Gasteiger partial charge is 0.332 e. The van der Waals surface area contributed by atoms with Crippen molar-refractivity contribution in [1.82, 2.24) is 4.90 Å². The molecule has 156 valence electrons. The number of carbonyl (C=O) groups excluding carboxylic acids is 3. The third kappa shape index (κ3) is 3.92. The van der Waals surface area contributed by atoms with E-state index >= 15 is 0 Å². The third-order valence-corrected chi connectivity index (χ3v) is 5.72. The first-order chi connectivity index (χ1) is 14.4. The molecule has 1 N–H and O–H groups in total. The maximum Gasteiger partial charge on any atom is 0.332 e. The van der Waals surface area contributed by atoms with Crippen LogP contribution in [0.3, 0.4) is 0 Å². The molecule has 2 fully saturated rings. The Kier molecular flexibility index (Phi) is 5.53. The smallest absolute Gasteiger partial charge is 0.326 e. The molecule has 0 spiro atoms. The van der Waals surface area contributed by atoms with Gasteiger partial charge in [0.25, 0.3) is 5.91 Å². The van der Waals surface area contributed by atoms with Crippen molar-refractivity contribution in [1.29, 1.82) is 0 Å². The molecule has 1 heterocycles. The lowest BCUT2D eigenvalue weighted by Crippen LogP contribution is -2.43. The van der Waals surface area contributed by atoms with Crippen LogP contribution in [0.1, 0.15) is 37.7 Å². The maximum absolute atomic E-state index is 13.4. The van der Waals surface area contributed by atoms with E-state index in [1.54, 1.807) is 29.2 Å². The number of anilines is 2. The molecule has 1 aliphatic heterocycles. The van der Waals surface area contributed by atoms with Crippen LogP contribution in [-0.2, 0) is 9.59 Å². The summed E-state index contributed by atoms with van der Waals surface area (Å²) in [5.41, 5.74) is 1.77. The normalized spacial score (nSPS) is 19.6. The SMILES string of the molecule is Cc1cccc(N2C(=O)[C@@H](CC(=O)Nc3cccc(F)c3)N(C3CCCC3)C2=O)c1. The zero-order chi connectivity index (χ0) is 21.3. The van der Waals surface area contributed by atoms with Crippen molar-refractivity contribution in [3.05, 3.63) is 59.9 Å². The van der Waals surface area contributed by atoms with E-state index in [1.807, 2.05) is 13.0 Å². The Labute approximate surface area is 174 Å². The van der Waals surface area contributed by atoms with Gasteiger partial charge in [-0.1, -0.05) is 31.0 Å². The van der Waals surface area contributed by atoms with Gasteiger partial charge < -0.3 is 10.2 Å². The molecule has 4 rings (SSSR count). The zero-order valence-corrected chi connectivity index (χ0v) is 16.8. The minimum atomic E-state index is -0.866. The number of amides is 4. The lowest BCUT2D eigenvalue weighted by atomic mass is 10.1. The molecular formula is C23H24FN3O3. The van der Waals surface area contributed by atoms with Crippen LogP contribution in [0.25, 0.3) is 0 Å². The number of imide groups is 1. The summed E-state index contributed by atoms with van der Waals surface area (Å²) in [7, 11) is 0. The molecule has 0 unspecified atom stereocenters. The highest BCUT2D eigenvalue weighted by Crippen LogP contribution is 2.34. The monoisotopic (exact) mass is 409 g/mol. The number of halogens is 1. The van der Waals surface area contributed by atoms with Gasteiger partial charge in [0.1, 0.15) is 11.9 Å². The van der Waals surface area contributed by atoms with Crippen LogP contribution in [0.2, 0.25) is 0 Å². The van der Waals surface area contributed by atoms with E-state index in [4.69, 9.17) is 0 Å². The molecule has 0 bridgehead atoms. The highest BCUT2D eigenvalue weighted by molar-refractivity contribution is 6.22. The predicted octanol–water partition coefficient (Wildman–Crippen LogP) is 4.24. The van der Waals surface area contributed by atoms with Crippen LogP contribution < -0.4 is 10.2 Å². The fraction of sp³-hybridized carbons (Fsp3) is 0.348. The maximum atomic E-state index is 13.4. The molecule has 4 amide bonds. The average molecular weight is 409 g/mol. The number of benzene rings is 2. The van der Waals surface area contributed by atoms with E-state index < -0.39 is 23.7 Å². The molecule has 1 saturated heterocycles. The summed E-state index contributed by atoms with van der Waals surface area (Å²) >= 11 is 0. The van der Waals surface area contributed by atoms with Crippen LogP contribution in [0, 0.1) is 12.7 Å². The van der Waals surface area contributed by atoms with Crippen molar-refractivity contribution in [2.45, 2.75) is 51.1 Å². The number of hydrogen-bond acceptors (Lipinski definition) is 3. The number of urea groups is 1. The Hall–Kier alpha value is -3.22. The Morgan fingerprint density at radius 2 is 1.83 bits per heavy atom. The second-order valence-corrected chi connectivity index (χ2v) is 7.92. The first kappa shape index (κ1) is 20.1. The van der Waals surface area contributed by atoms with Gasteiger partial charge in [0.2, 0.25) is 5.91 Å². The van der Waals surface area contributed by atoms with Crippen LogP contribution in [0.15, 0.2) is 48.5 Å². The second-order valence-electron chi connectivity index (χ2n) is 7.92. The van der Waals surface area contributed by atoms with Gasteiger partial charge in [-0.3, -0.25) is 9.59 Å². The zero-order valence-electron chi connectivity index (χ0n) is 16.8. The number of nitrogens with zero attached hydrogens (tertiary/aromatic N) is 2. The van der Waals surface area contributed by atoms with Gasteiger partial charge in [-0.2, -0.15) is 0 Å². The summed E-state index contributed by atoms with van der Waals surface area (Å²) in [6.07, 6.45) is 3.47. The molecule has 7 heteroatoms. The molecule has 30 heavy (non-hydrogen) atoms. The fourth-order valence-electron chi connectivity index (χ4n) is 4.35. The number of rotatable bonds is 5. The van der Waals surface area contributed by atoms with E-state index in [9.17, 15) is 18.8 Å². The highest BCUT2D eigenvalue weighted by atomic mass is 19.1. The molecule has 2 aromatic carbocycles. The van der Waals surface area contributed by atoms with E-state index in [0.717, 1.165) is 31.2 Å². The molecule has 0 radical (unpaired) electrons. The van der Waals surface area contributed by atoms with Gasteiger partial charge in [0, 0.05) is 11.7 Å². The number of hydrogen-bond donors (Lipinski definition) is 1. The average Bonchev–Trinajstić information content (AvgIpc) is 3.29. The lowest BCUT2D eigenvalue weighted by Gasteiger charge is -2.27. The molecule has 6 nitrogen and oxygen atoms in total. The number of nitrogens with one attached hydrogen (secondary N) is 1. The van der Waals surface area contributed by atoms with Gasteiger partial charge in [-0.15, -0.1) is 0 Å². The van der Waals surface area contributed by atoms with Gasteiger partial charge in [0.05, 0.1) is 12.1 Å². The first-order valence-corrected chi connectivity index (χ1v) is 10.2. The van der Waals surface area contributed by atoms with Crippen molar-refractivity contribution in [3.63, 3.8) is 0 Å². The molecule has 2 aliphatic rings. The summed E-state index contributed by atoms with van der Waals surface area (Å²) in [4.78, 5) is 41.9. The molecule has 2 aromatic rings. The van der Waals surface area contributed by atoms with Gasteiger partial charge in [-0.05, 0) is 55.7 Å². The summed E-state index contributed by atoms with van der Waals surface area (Å²) in [5, 5.41) is 2.63. The van der Waals surface area contributed by atoms with Crippen LogP contribution in [0.5, 0.6) is 0 Å². The van der Waals surface area contributed by atoms with E-state index in [0.29, 0.717) is 11.4 Å². The van der Waals surface area contributed by atoms with Crippen molar-refractivity contribution in [3.8, 4) is 0 Å². The number of carbonyl (C=O) groups is 3. The predicted molar refractivity (Wildman–Crippen MR) is 112 cm³/mol. The molecule has 1 aliphatic carbocycles. The van der Waals surface area contributed by atoms with Crippen molar-refractivity contribution in [2.24, 2.45) is 0 Å². The summed E-state index contributed by atoms with van der Waals surface area (Å²) in [6, 6.07) is 11.5. The van der Waals surface area contributed by atoms with Crippen LogP contribution in [0.4, 0.5) is 20.6 Å². The third-order valence-electron chi connectivity index (χ3n) is 5.72. The summed E-state index contributed by atoms with van der Waals surface area (Å²) in [5.74, 6) is -1.29. The Balaban J connectivity index is 1.59. The van der Waals surface area contributed by atoms with E-state index in [1.165, 1.54) is 23.1 Å². The number of aryl methyl sites for hydroxylation is 1. The Morgan fingerprint density at radius 1 is 1.10 bits per heavy atom. The Morgan fingerprint density at radius 3 is 2.53 bits per heavy atom. The van der Waals surface area contributed by atoms with E-state index in [-0.39, 0.29) is 18.5 Å². The highest BCUT2D eigenvalue weighted by Gasteiger charge is 2.49. The molecule has 1 saturated carbocycles.